The van der Waals surface area contributed by atoms with Gasteiger partial charge >= 0.3 is 11.9 Å². The zero-order valence-electron chi connectivity index (χ0n) is 15.7. The lowest BCUT2D eigenvalue weighted by atomic mass is 10.2. The van der Waals surface area contributed by atoms with E-state index in [1.165, 1.54) is 6.92 Å². The molecule has 0 atom stereocenters. The number of hydrogen-bond donors (Lipinski definition) is 0. The predicted molar refractivity (Wildman–Crippen MR) is 99.1 cm³/mol. The van der Waals surface area contributed by atoms with Crippen molar-refractivity contribution >= 4 is 11.9 Å². The second-order valence-corrected chi connectivity index (χ2v) is 5.91. The Kier molecular flexibility index (Phi) is 5.69. The van der Waals surface area contributed by atoms with Crippen molar-refractivity contribution in [3.8, 4) is 17.2 Å². The Morgan fingerprint density at radius 1 is 1.18 bits per heavy atom. The molecule has 0 aliphatic heterocycles. The van der Waals surface area contributed by atoms with Gasteiger partial charge in [0.15, 0.2) is 0 Å². The molecule has 3 aromatic rings. The maximum absolute atomic E-state index is 12.9. The van der Waals surface area contributed by atoms with Crippen LogP contribution < -0.4 is 4.74 Å². The van der Waals surface area contributed by atoms with Crippen LogP contribution in [0.25, 0.3) is 11.5 Å². The van der Waals surface area contributed by atoms with Gasteiger partial charge in [-0.3, -0.25) is 14.6 Å². The van der Waals surface area contributed by atoms with Gasteiger partial charge in [-0.05, 0) is 37.3 Å². The van der Waals surface area contributed by atoms with Gasteiger partial charge in [0.1, 0.15) is 12.3 Å². The third-order valence-electron chi connectivity index (χ3n) is 3.80. The zero-order valence-corrected chi connectivity index (χ0v) is 15.7. The van der Waals surface area contributed by atoms with Crippen LogP contribution in [0.5, 0.6) is 5.75 Å². The summed E-state index contributed by atoms with van der Waals surface area (Å²) in [5.74, 6) is -0.372. The number of hydroxylamine groups is 2. The van der Waals surface area contributed by atoms with Crippen LogP contribution in [-0.4, -0.2) is 34.0 Å². The lowest BCUT2D eigenvalue weighted by Crippen LogP contribution is -2.33. The number of amides is 1. The minimum Gasteiger partial charge on any atom is -0.497 e. The summed E-state index contributed by atoms with van der Waals surface area (Å²) in [6, 6.07) is 12.4. The smallest absolute Gasteiger partial charge is 0.329 e. The largest absolute Gasteiger partial charge is 0.497 e. The topological polar surface area (TPSA) is 94.8 Å². The van der Waals surface area contributed by atoms with E-state index in [-0.39, 0.29) is 18.2 Å². The highest BCUT2D eigenvalue weighted by Crippen LogP contribution is 2.26. The van der Waals surface area contributed by atoms with Crippen molar-refractivity contribution in [3.05, 3.63) is 65.8 Å². The second kappa shape index (κ2) is 8.34. The molecule has 0 radical (unpaired) electrons. The number of rotatable bonds is 5. The molecule has 0 aliphatic carbocycles. The van der Waals surface area contributed by atoms with Crippen LogP contribution in [0.4, 0.5) is 0 Å². The fourth-order valence-corrected chi connectivity index (χ4v) is 2.53. The first-order chi connectivity index (χ1) is 13.5. The molecule has 28 heavy (non-hydrogen) atoms. The Bertz CT molecular complexity index is 985. The van der Waals surface area contributed by atoms with Crippen molar-refractivity contribution in [2.24, 2.45) is 0 Å². The van der Waals surface area contributed by atoms with Crippen molar-refractivity contribution < 1.29 is 23.6 Å². The van der Waals surface area contributed by atoms with E-state index < -0.39 is 11.9 Å². The minimum atomic E-state index is -0.630. The van der Waals surface area contributed by atoms with Gasteiger partial charge < -0.3 is 14.0 Å². The van der Waals surface area contributed by atoms with Gasteiger partial charge in [0, 0.05) is 18.7 Å². The molecule has 144 valence electrons. The maximum atomic E-state index is 12.9. The van der Waals surface area contributed by atoms with Gasteiger partial charge in [0.25, 0.3) is 0 Å². The molecule has 1 amide bonds. The summed E-state index contributed by atoms with van der Waals surface area (Å²) < 4.78 is 10.9. The highest BCUT2D eigenvalue weighted by atomic mass is 16.7. The van der Waals surface area contributed by atoms with E-state index >= 15 is 0 Å². The molecule has 0 unspecified atom stereocenters. The molecular weight excluding hydrogens is 362 g/mol. The number of aromatic nitrogens is 2. The van der Waals surface area contributed by atoms with Gasteiger partial charge in [0.05, 0.1) is 18.5 Å². The molecule has 0 saturated carbocycles. The molecule has 2 aromatic heterocycles. The molecule has 0 aliphatic rings. The number of carbonyl (C=O) groups excluding carboxylic acids is 2. The number of benzene rings is 1. The molecule has 0 fully saturated rings. The summed E-state index contributed by atoms with van der Waals surface area (Å²) >= 11 is 0. The molecule has 3 rings (SSSR count). The van der Waals surface area contributed by atoms with Crippen molar-refractivity contribution in [2.75, 3.05) is 7.11 Å². The van der Waals surface area contributed by atoms with Crippen molar-refractivity contribution in [2.45, 2.75) is 20.4 Å². The third kappa shape index (κ3) is 4.35. The van der Waals surface area contributed by atoms with E-state index in [9.17, 15) is 9.59 Å². The Balaban J connectivity index is 1.90. The van der Waals surface area contributed by atoms with E-state index in [1.54, 1.807) is 62.7 Å². The highest BCUT2D eigenvalue weighted by molar-refractivity contribution is 5.92. The summed E-state index contributed by atoms with van der Waals surface area (Å²) in [5, 5.41) is 0.910. The number of oxazole rings is 1. The van der Waals surface area contributed by atoms with Crippen molar-refractivity contribution in [1.82, 2.24) is 15.0 Å². The van der Waals surface area contributed by atoms with Crippen LogP contribution in [0.15, 0.2) is 53.1 Å². The molecule has 8 nitrogen and oxygen atoms in total. The summed E-state index contributed by atoms with van der Waals surface area (Å²) in [5.41, 5.74) is 1.59. The zero-order chi connectivity index (χ0) is 20.1. The number of nitrogens with zero attached hydrogens (tertiary/aromatic N) is 3. The van der Waals surface area contributed by atoms with Gasteiger partial charge in [0.2, 0.25) is 11.7 Å². The van der Waals surface area contributed by atoms with Gasteiger partial charge in [-0.25, -0.2) is 4.98 Å². The van der Waals surface area contributed by atoms with Crippen LogP contribution >= 0.6 is 0 Å². The average Bonchev–Trinajstić information content (AvgIpc) is 3.09. The molecule has 1 aromatic carbocycles. The Morgan fingerprint density at radius 2 is 2.00 bits per heavy atom. The summed E-state index contributed by atoms with van der Waals surface area (Å²) in [6.45, 7) is 2.84. The van der Waals surface area contributed by atoms with Gasteiger partial charge in [-0.2, -0.15) is 5.06 Å². The quantitative estimate of drug-likeness (QED) is 0.627. The molecular formula is C20H19N3O5. The van der Waals surface area contributed by atoms with E-state index in [4.69, 9.17) is 14.0 Å². The monoisotopic (exact) mass is 381 g/mol. The third-order valence-corrected chi connectivity index (χ3v) is 3.80. The van der Waals surface area contributed by atoms with Gasteiger partial charge in [-0.15, -0.1) is 0 Å². The van der Waals surface area contributed by atoms with E-state index in [2.05, 4.69) is 9.97 Å². The highest BCUT2D eigenvalue weighted by Gasteiger charge is 2.27. The fourth-order valence-electron chi connectivity index (χ4n) is 2.53. The maximum Gasteiger partial charge on any atom is 0.329 e. The van der Waals surface area contributed by atoms with Crippen molar-refractivity contribution in [3.63, 3.8) is 0 Å². The number of pyridine rings is 1. The number of aryl methyl sites for hydroxylation is 1. The van der Waals surface area contributed by atoms with Crippen LogP contribution in [0.1, 0.15) is 28.9 Å². The first-order valence-electron chi connectivity index (χ1n) is 8.50. The van der Waals surface area contributed by atoms with Crippen molar-refractivity contribution in [1.29, 1.82) is 0 Å². The summed E-state index contributed by atoms with van der Waals surface area (Å²) in [6.07, 6.45) is 1.59. The van der Waals surface area contributed by atoms with E-state index in [1.807, 2.05) is 0 Å². The van der Waals surface area contributed by atoms with Gasteiger partial charge in [-0.1, -0.05) is 12.1 Å². The second-order valence-electron chi connectivity index (χ2n) is 5.91. The molecule has 0 N–H and O–H groups in total. The summed E-state index contributed by atoms with van der Waals surface area (Å²) in [7, 11) is 1.56. The molecule has 0 saturated heterocycles. The SMILES string of the molecule is COc1cccc(-c2nc(C)c(C(=O)N(Cc3ccccn3)OC(C)=O)o2)c1. The Hall–Kier alpha value is -3.68. The fraction of sp³-hybridized carbons (Fsp3) is 0.200. The molecule has 0 bridgehead atoms. The first-order valence-corrected chi connectivity index (χ1v) is 8.50. The Labute approximate surface area is 161 Å². The van der Waals surface area contributed by atoms with Crippen LogP contribution in [0, 0.1) is 6.92 Å². The number of hydrogen-bond acceptors (Lipinski definition) is 7. The van der Waals surface area contributed by atoms with Crippen LogP contribution in [0.3, 0.4) is 0 Å². The standard InChI is InChI=1S/C20H19N3O5/c1-13-18(27-19(22-13)15-7-6-9-17(11-15)26-3)20(25)23(28-14(2)24)12-16-8-4-5-10-21-16/h4-11H,12H2,1-3H3. The number of methoxy groups -OCH3 is 1. The van der Waals surface area contributed by atoms with E-state index in [0.717, 1.165) is 5.06 Å². The Morgan fingerprint density at radius 3 is 2.68 bits per heavy atom. The van der Waals surface area contributed by atoms with Crippen LogP contribution in [0.2, 0.25) is 0 Å². The van der Waals surface area contributed by atoms with E-state index in [0.29, 0.717) is 22.7 Å². The lowest BCUT2D eigenvalue weighted by Gasteiger charge is -2.19. The minimum absolute atomic E-state index is 0.0185. The molecule has 0 spiro atoms. The molecule has 8 heteroatoms. The predicted octanol–water partition coefficient (Wildman–Crippen LogP) is 3.17. The number of ether oxygens (including phenoxy) is 1. The normalized spacial score (nSPS) is 10.4. The van der Waals surface area contributed by atoms with Crippen LogP contribution in [-0.2, 0) is 16.2 Å². The lowest BCUT2D eigenvalue weighted by molar-refractivity contribution is -0.177. The summed E-state index contributed by atoms with van der Waals surface area (Å²) in [4.78, 5) is 37.9. The first kappa shape index (κ1) is 19.1. The average molecular weight is 381 g/mol. The molecule has 2 heterocycles. The number of carbonyl (C=O) groups is 2.